The van der Waals surface area contributed by atoms with Crippen LogP contribution in [-0.2, 0) is 0 Å². The zero-order valence-electron chi connectivity index (χ0n) is 8.80. The third-order valence-corrected chi connectivity index (χ3v) is 4.04. The van der Waals surface area contributed by atoms with Crippen molar-refractivity contribution in [2.45, 2.75) is 44.3 Å². The Bertz CT molecular complexity index is 278. The van der Waals surface area contributed by atoms with Gasteiger partial charge in [0.15, 0.2) is 0 Å². The van der Waals surface area contributed by atoms with Gasteiger partial charge in [0.1, 0.15) is 6.10 Å². The number of hydrogen-bond acceptors (Lipinski definition) is 3. The quantitative estimate of drug-likeness (QED) is 0.832. The second-order valence-electron chi connectivity index (χ2n) is 4.39. The first-order valence-corrected chi connectivity index (χ1v) is 6.61. The van der Waals surface area contributed by atoms with Crippen molar-refractivity contribution in [2.75, 3.05) is 0 Å². The van der Waals surface area contributed by atoms with Gasteiger partial charge in [-0.05, 0) is 41.1 Å². The van der Waals surface area contributed by atoms with Gasteiger partial charge in [0.25, 0.3) is 0 Å². The van der Waals surface area contributed by atoms with E-state index in [9.17, 15) is 10.2 Å². The molecule has 15 heavy (non-hydrogen) atoms. The van der Waals surface area contributed by atoms with Gasteiger partial charge in [-0.1, -0.05) is 19.3 Å². The van der Waals surface area contributed by atoms with Crippen LogP contribution in [0.4, 0.5) is 0 Å². The van der Waals surface area contributed by atoms with Gasteiger partial charge in [-0.3, -0.25) is 0 Å². The Morgan fingerprint density at radius 3 is 2.53 bits per heavy atom. The fraction of sp³-hybridized carbons (Fsp3) is 0.667. The van der Waals surface area contributed by atoms with Gasteiger partial charge in [0, 0.05) is 0 Å². The highest BCUT2D eigenvalue weighted by molar-refractivity contribution is 7.07. The van der Waals surface area contributed by atoms with Crippen LogP contribution >= 0.6 is 11.3 Å². The van der Waals surface area contributed by atoms with E-state index in [0.29, 0.717) is 0 Å². The van der Waals surface area contributed by atoms with Crippen LogP contribution < -0.4 is 0 Å². The van der Waals surface area contributed by atoms with E-state index in [1.54, 1.807) is 11.3 Å². The molecule has 0 bridgehead atoms. The number of thiophene rings is 1. The summed E-state index contributed by atoms with van der Waals surface area (Å²) in [6, 6.07) is 1.89. The Hall–Kier alpha value is -0.380. The Balaban J connectivity index is 1.97. The normalized spacial score (nSPS) is 22.5. The lowest BCUT2D eigenvalue weighted by atomic mass is 9.82. The summed E-state index contributed by atoms with van der Waals surface area (Å²) in [5.41, 5.74) is 0.859. The lowest BCUT2D eigenvalue weighted by molar-refractivity contribution is -0.0283. The minimum Gasteiger partial charge on any atom is -0.390 e. The number of hydrogen-bond donors (Lipinski definition) is 2. The van der Waals surface area contributed by atoms with Crippen LogP contribution in [0.2, 0.25) is 0 Å². The minimum absolute atomic E-state index is 0.286. The molecule has 0 amide bonds. The minimum atomic E-state index is -0.695. The zero-order chi connectivity index (χ0) is 10.7. The van der Waals surface area contributed by atoms with E-state index >= 15 is 0 Å². The predicted octanol–water partition coefficient (Wildman–Crippen LogP) is 2.72. The molecule has 1 aromatic heterocycles. The van der Waals surface area contributed by atoms with Crippen LogP contribution in [-0.4, -0.2) is 16.3 Å². The number of rotatable bonds is 3. The van der Waals surface area contributed by atoms with Crippen molar-refractivity contribution in [3.63, 3.8) is 0 Å². The first-order valence-electron chi connectivity index (χ1n) is 5.67. The summed E-state index contributed by atoms with van der Waals surface area (Å²) in [6.45, 7) is 0. The molecule has 0 radical (unpaired) electrons. The third kappa shape index (κ3) is 2.60. The molecule has 1 aliphatic rings. The average molecular weight is 226 g/mol. The maximum Gasteiger partial charge on any atom is 0.106 e. The Morgan fingerprint density at radius 1 is 1.20 bits per heavy atom. The maximum atomic E-state index is 10.1. The molecule has 1 fully saturated rings. The van der Waals surface area contributed by atoms with E-state index in [2.05, 4.69) is 0 Å². The summed E-state index contributed by atoms with van der Waals surface area (Å²) in [4.78, 5) is 0. The number of aliphatic hydroxyl groups excluding tert-OH is 2. The number of aliphatic hydroxyl groups is 2. The van der Waals surface area contributed by atoms with Gasteiger partial charge in [0.05, 0.1) is 6.10 Å². The SMILES string of the molecule is OC(c1ccsc1)C(O)C1CCCCC1. The van der Waals surface area contributed by atoms with Crippen molar-refractivity contribution >= 4 is 11.3 Å². The molecule has 2 atom stereocenters. The monoisotopic (exact) mass is 226 g/mol. The second kappa shape index (κ2) is 5.10. The van der Waals surface area contributed by atoms with E-state index in [1.165, 1.54) is 19.3 Å². The molecule has 2 unspecified atom stereocenters. The molecule has 0 aromatic carbocycles. The molecule has 0 spiro atoms. The molecule has 1 aliphatic carbocycles. The second-order valence-corrected chi connectivity index (χ2v) is 5.17. The molecule has 2 N–H and O–H groups in total. The smallest absolute Gasteiger partial charge is 0.106 e. The molecule has 0 aliphatic heterocycles. The largest absolute Gasteiger partial charge is 0.390 e. The van der Waals surface area contributed by atoms with Crippen LogP contribution in [0.3, 0.4) is 0 Å². The zero-order valence-corrected chi connectivity index (χ0v) is 9.62. The van der Waals surface area contributed by atoms with Gasteiger partial charge in [0.2, 0.25) is 0 Å². The lowest BCUT2D eigenvalue weighted by Gasteiger charge is -2.29. The molecule has 1 heterocycles. The van der Waals surface area contributed by atoms with E-state index in [-0.39, 0.29) is 5.92 Å². The highest BCUT2D eigenvalue weighted by atomic mass is 32.1. The van der Waals surface area contributed by atoms with Gasteiger partial charge in [-0.15, -0.1) is 0 Å². The van der Waals surface area contributed by atoms with E-state index < -0.39 is 12.2 Å². The topological polar surface area (TPSA) is 40.5 Å². The fourth-order valence-corrected chi connectivity index (χ4v) is 3.06. The first-order chi connectivity index (χ1) is 7.29. The van der Waals surface area contributed by atoms with Crippen molar-refractivity contribution in [2.24, 2.45) is 5.92 Å². The van der Waals surface area contributed by atoms with Crippen LogP contribution in [0.15, 0.2) is 16.8 Å². The van der Waals surface area contributed by atoms with Gasteiger partial charge < -0.3 is 10.2 Å². The molecule has 2 rings (SSSR count). The van der Waals surface area contributed by atoms with Crippen LogP contribution in [0.25, 0.3) is 0 Å². The molecule has 84 valence electrons. The molecule has 2 nitrogen and oxygen atoms in total. The standard InChI is InChI=1S/C12H18O2S/c13-11(9-4-2-1-3-5-9)12(14)10-6-7-15-8-10/h6-9,11-14H,1-5H2. The maximum absolute atomic E-state index is 10.1. The van der Waals surface area contributed by atoms with Crippen LogP contribution in [0, 0.1) is 5.92 Å². The fourth-order valence-electron chi connectivity index (χ4n) is 2.37. The highest BCUT2D eigenvalue weighted by Crippen LogP contribution is 2.32. The molecule has 1 saturated carbocycles. The molecule has 1 aromatic rings. The summed E-state index contributed by atoms with van der Waals surface area (Å²) in [7, 11) is 0. The van der Waals surface area contributed by atoms with Gasteiger partial charge in [-0.25, -0.2) is 0 Å². The lowest BCUT2D eigenvalue weighted by Crippen LogP contribution is -2.29. The first kappa shape index (κ1) is 11.1. The average Bonchev–Trinajstić information content (AvgIpc) is 2.82. The van der Waals surface area contributed by atoms with Crippen molar-refractivity contribution in [3.05, 3.63) is 22.4 Å². The van der Waals surface area contributed by atoms with Gasteiger partial charge in [-0.2, -0.15) is 11.3 Å². The van der Waals surface area contributed by atoms with Crippen LogP contribution in [0.1, 0.15) is 43.8 Å². The van der Waals surface area contributed by atoms with Gasteiger partial charge >= 0.3 is 0 Å². The molecule has 3 heteroatoms. The summed E-state index contributed by atoms with van der Waals surface area (Å²) in [5, 5.41) is 23.9. The van der Waals surface area contributed by atoms with E-state index in [4.69, 9.17) is 0 Å². The van der Waals surface area contributed by atoms with Crippen molar-refractivity contribution in [1.29, 1.82) is 0 Å². The molecular formula is C12H18O2S. The van der Waals surface area contributed by atoms with E-state index in [1.807, 2.05) is 16.8 Å². The summed E-state index contributed by atoms with van der Waals surface area (Å²) in [6.07, 6.45) is 4.50. The third-order valence-electron chi connectivity index (χ3n) is 3.34. The summed E-state index contributed by atoms with van der Waals surface area (Å²) >= 11 is 1.56. The predicted molar refractivity (Wildman–Crippen MR) is 61.9 cm³/mol. The van der Waals surface area contributed by atoms with Crippen molar-refractivity contribution < 1.29 is 10.2 Å². The van der Waals surface area contributed by atoms with Crippen LogP contribution in [0.5, 0.6) is 0 Å². The van der Waals surface area contributed by atoms with Crippen molar-refractivity contribution in [1.82, 2.24) is 0 Å². The summed E-state index contributed by atoms with van der Waals surface area (Å²) in [5.74, 6) is 0.286. The van der Waals surface area contributed by atoms with E-state index in [0.717, 1.165) is 18.4 Å². The Labute approximate surface area is 94.6 Å². The molecular weight excluding hydrogens is 208 g/mol. The Kier molecular flexibility index (Phi) is 3.78. The Morgan fingerprint density at radius 2 is 1.93 bits per heavy atom. The van der Waals surface area contributed by atoms with Crippen molar-refractivity contribution in [3.8, 4) is 0 Å². The summed E-state index contributed by atoms with van der Waals surface area (Å²) < 4.78 is 0. The highest BCUT2D eigenvalue weighted by Gasteiger charge is 2.28. The molecule has 0 saturated heterocycles.